The summed E-state index contributed by atoms with van der Waals surface area (Å²) < 4.78 is 56.8. The second-order valence-corrected chi connectivity index (χ2v) is 3.21. The molecule has 1 rings (SSSR count). The Labute approximate surface area is 107 Å². The van der Waals surface area contributed by atoms with E-state index in [1.807, 2.05) is 0 Å². The highest BCUT2D eigenvalue weighted by atomic mass is 35.5. The summed E-state index contributed by atoms with van der Waals surface area (Å²) in [4.78, 5) is 0. The van der Waals surface area contributed by atoms with Crippen LogP contribution in [-0.2, 0) is 0 Å². The summed E-state index contributed by atoms with van der Waals surface area (Å²) in [5, 5.41) is 0. The number of ether oxygens (including phenoxy) is 2. The maximum Gasteiger partial charge on any atom is 0.573 e. The Morgan fingerprint density at radius 1 is 1.33 bits per heavy atom. The van der Waals surface area contributed by atoms with Crippen molar-refractivity contribution in [2.75, 3.05) is 13.8 Å². The van der Waals surface area contributed by atoms with Crippen LogP contribution >= 0.6 is 12.4 Å². The molecule has 1 atom stereocenters. The smallest absolute Gasteiger partial charge is 0.496 e. The van der Waals surface area contributed by atoms with Gasteiger partial charge in [0.25, 0.3) is 0 Å². The second-order valence-electron chi connectivity index (χ2n) is 3.21. The minimum absolute atomic E-state index is 0. The number of nitrogens with two attached hydrogens (primary N) is 1. The van der Waals surface area contributed by atoms with E-state index in [1.54, 1.807) is 0 Å². The number of methoxy groups -OCH3 is 1. The van der Waals surface area contributed by atoms with Crippen LogP contribution in [0.15, 0.2) is 18.2 Å². The highest BCUT2D eigenvalue weighted by molar-refractivity contribution is 5.85. The molecule has 0 aliphatic heterocycles. The van der Waals surface area contributed by atoms with Gasteiger partial charge < -0.3 is 15.2 Å². The normalized spacial score (nSPS) is 12.6. The molecule has 0 unspecified atom stereocenters. The summed E-state index contributed by atoms with van der Waals surface area (Å²) in [6, 6.07) is 2.37. The van der Waals surface area contributed by atoms with Crippen LogP contribution in [0.1, 0.15) is 11.6 Å². The minimum atomic E-state index is -4.78. The molecule has 1 aromatic rings. The summed E-state index contributed by atoms with van der Waals surface area (Å²) in [7, 11) is 1.25. The molecular weight excluding hydrogens is 278 g/mol. The molecule has 0 spiro atoms. The van der Waals surface area contributed by atoms with E-state index in [1.165, 1.54) is 13.2 Å². The fourth-order valence-electron chi connectivity index (χ4n) is 1.28. The van der Waals surface area contributed by atoms with Gasteiger partial charge in [0.05, 0.1) is 13.2 Å². The lowest BCUT2D eigenvalue weighted by Gasteiger charge is -2.15. The lowest BCUT2D eigenvalue weighted by atomic mass is 10.1. The second kappa shape index (κ2) is 6.65. The summed E-state index contributed by atoms with van der Waals surface area (Å²) in [6.45, 7) is -0.837. The summed E-state index contributed by atoms with van der Waals surface area (Å²) in [6.07, 6.45) is -4.78. The van der Waals surface area contributed by atoms with Crippen LogP contribution in [0.3, 0.4) is 0 Å². The van der Waals surface area contributed by atoms with Gasteiger partial charge in [-0.3, -0.25) is 0 Å². The average Bonchev–Trinajstić information content (AvgIpc) is 2.25. The predicted molar refractivity (Wildman–Crippen MR) is 59.8 cm³/mol. The van der Waals surface area contributed by atoms with Crippen LogP contribution in [0.4, 0.5) is 17.6 Å². The van der Waals surface area contributed by atoms with Crippen LogP contribution in [-0.4, -0.2) is 20.1 Å². The number of benzene rings is 1. The summed E-state index contributed by atoms with van der Waals surface area (Å²) in [5.74, 6) is -0.388. The van der Waals surface area contributed by atoms with Gasteiger partial charge in [0.2, 0.25) is 0 Å². The molecular formula is C10H12ClF4NO2. The SMILES string of the molecule is COc1cc(OC(F)(F)F)ccc1[C@@H](N)CF.Cl. The zero-order valence-corrected chi connectivity index (χ0v) is 10.1. The van der Waals surface area contributed by atoms with E-state index in [2.05, 4.69) is 4.74 Å². The summed E-state index contributed by atoms with van der Waals surface area (Å²) in [5.41, 5.74) is 5.71. The van der Waals surface area contributed by atoms with Gasteiger partial charge in [-0.25, -0.2) is 4.39 Å². The van der Waals surface area contributed by atoms with Crippen molar-refractivity contribution in [3.8, 4) is 11.5 Å². The van der Waals surface area contributed by atoms with Gasteiger partial charge in [-0.15, -0.1) is 25.6 Å². The van der Waals surface area contributed by atoms with E-state index in [-0.39, 0.29) is 23.7 Å². The van der Waals surface area contributed by atoms with Crippen LogP contribution < -0.4 is 15.2 Å². The topological polar surface area (TPSA) is 44.5 Å². The Morgan fingerprint density at radius 2 is 1.94 bits per heavy atom. The molecule has 2 N–H and O–H groups in total. The monoisotopic (exact) mass is 289 g/mol. The Bertz CT molecular complexity index is 387. The molecule has 0 radical (unpaired) electrons. The molecule has 0 aliphatic rings. The van der Waals surface area contributed by atoms with Crippen molar-refractivity contribution in [2.45, 2.75) is 12.4 Å². The van der Waals surface area contributed by atoms with Crippen molar-refractivity contribution in [1.82, 2.24) is 0 Å². The first-order valence-electron chi connectivity index (χ1n) is 4.62. The van der Waals surface area contributed by atoms with Gasteiger partial charge in [0.1, 0.15) is 18.2 Å². The fraction of sp³-hybridized carbons (Fsp3) is 0.400. The van der Waals surface area contributed by atoms with Gasteiger partial charge in [-0.1, -0.05) is 0 Å². The van der Waals surface area contributed by atoms with Crippen LogP contribution in [0, 0.1) is 0 Å². The lowest BCUT2D eigenvalue weighted by molar-refractivity contribution is -0.274. The van der Waals surface area contributed by atoms with Gasteiger partial charge in [0.15, 0.2) is 0 Å². The summed E-state index contributed by atoms with van der Waals surface area (Å²) >= 11 is 0. The Hall–Kier alpha value is -1.21. The molecule has 1 aromatic carbocycles. The van der Waals surface area contributed by atoms with Crippen LogP contribution in [0.5, 0.6) is 11.5 Å². The van der Waals surface area contributed by atoms with Gasteiger partial charge in [-0.2, -0.15) is 0 Å². The molecule has 0 heterocycles. The number of hydrogen-bond donors (Lipinski definition) is 1. The molecule has 8 heteroatoms. The Kier molecular flexibility index (Phi) is 6.20. The molecule has 0 saturated heterocycles. The average molecular weight is 290 g/mol. The largest absolute Gasteiger partial charge is 0.573 e. The van der Waals surface area contributed by atoms with Crippen molar-refractivity contribution >= 4 is 12.4 Å². The van der Waals surface area contributed by atoms with E-state index in [0.29, 0.717) is 0 Å². The van der Waals surface area contributed by atoms with Gasteiger partial charge in [-0.05, 0) is 12.1 Å². The van der Waals surface area contributed by atoms with E-state index in [4.69, 9.17) is 10.5 Å². The first kappa shape index (κ1) is 16.8. The van der Waals surface area contributed by atoms with E-state index in [0.717, 1.165) is 12.1 Å². The van der Waals surface area contributed by atoms with Crippen LogP contribution in [0.25, 0.3) is 0 Å². The number of rotatable bonds is 4. The quantitative estimate of drug-likeness (QED) is 0.867. The van der Waals surface area contributed by atoms with Crippen molar-refractivity contribution < 1.29 is 27.0 Å². The fourth-order valence-corrected chi connectivity index (χ4v) is 1.28. The maximum atomic E-state index is 12.4. The highest BCUT2D eigenvalue weighted by Gasteiger charge is 2.31. The van der Waals surface area contributed by atoms with E-state index < -0.39 is 24.8 Å². The van der Waals surface area contributed by atoms with E-state index >= 15 is 0 Å². The molecule has 0 aromatic heterocycles. The molecule has 18 heavy (non-hydrogen) atoms. The zero-order chi connectivity index (χ0) is 13.1. The standard InChI is InChI=1S/C10H11F4NO2.ClH/c1-16-9-4-6(17-10(12,13)14)2-3-7(9)8(15)5-11;/h2-4,8H,5,15H2,1H3;1H/t8-;/m0./s1. The third-order valence-corrected chi connectivity index (χ3v) is 2.00. The number of halogens is 5. The molecule has 3 nitrogen and oxygen atoms in total. The van der Waals surface area contributed by atoms with Crippen molar-refractivity contribution in [2.24, 2.45) is 5.73 Å². The maximum absolute atomic E-state index is 12.4. The number of hydrogen-bond acceptors (Lipinski definition) is 3. The molecule has 0 saturated carbocycles. The zero-order valence-electron chi connectivity index (χ0n) is 9.33. The minimum Gasteiger partial charge on any atom is -0.496 e. The first-order chi connectivity index (χ1) is 7.87. The van der Waals surface area contributed by atoms with Crippen molar-refractivity contribution in [1.29, 1.82) is 0 Å². The van der Waals surface area contributed by atoms with Crippen LogP contribution in [0.2, 0.25) is 0 Å². The highest BCUT2D eigenvalue weighted by Crippen LogP contribution is 2.31. The van der Waals surface area contributed by atoms with Crippen molar-refractivity contribution in [3.05, 3.63) is 23.8 Å². The number of alkyl halides is 4. The third kappa shape index (κ3) is 4.58. The van der Waals surface area contributed by atoms with Gasteiger partial charge in [0, 0.05) is 11.6 Å². The molecule has 0 bridgehead atoms. The van der Waals surface area contributed by atoms with E-state index in [9.17, 15) is 17.6 Å². The predicted octanol–water partition coefficient (Wildman–Crippen LogP) is 2.98. The molecule has 104 valence electrons. The Morgan fingerprint density at radius 3 is 2.39 bits per heavy atom. The molecule has 0 amide bonds. The van der Waals surface area contributed by atoms with Gasteiger partial charge >= 0.3 is 6.36 Å². The first-order valence-corrected chi connectivity index (χ1v) is 4.62. The third-order valence-electron chi connectivity index (χ3n) is 2.00. The lowest BCUT2D eigenvalue weighted by Crippen LogP contribution is -2.18. The Balaban J connectivity index is 0.00000289. The molecule has 0 aliphatic carbocycles. The molecule has 0 fully saturated rings. The van der Waals surface area contributed by atoms with Crippen molar-refractivity contribution in [3.63, 3.8) is 0 Å².